The molecule has 0 amide bonds. The standard InChI is InChI=1S/C80H59BN2O/c1-56-28-27-29-57(2)78(56)81-74-48-46-62(58-30-11-3-12-31-58)50-70(74)72-52-64(60-34-15-5-16-35-60)54-76(82(66-38-19-7-20-39-66)67-40-21-8-22-41-67)79(72)84-80-73(71-51-63(47-49-75(71)81)59-32-13-4-14-33-59)53-65(61-36-17-6-18-37-61)55-77(80)83(68-42-23-9-24-43-68)69-44-25-10-26-45-69/h3-55H,1-2H3. The zero-order valence-corrected chi connectivity index (χ0v) is 47.0. The molecule has 0 aliphatic carbocycles. The Morgan fingerprint density at radius 2 is 0.536 bits per heavy atom. The summed E-state index contributed by atoms with van der Waals surface area (Å²) in [5.41, 5.74) is 24.7. The summed E-state index contributed by atoms with van der Waals surface area (Å²) in [6.45, 7) is 4.31. The van der Waals surface area contributed by atoms with Gasteiger partial charge >= 0.3 is 0 Å². The third-order valence-corrected chi connectivity index (χ3v) is 16.5. The molecule has 0 atom stereocenters. The van der Waals surface area contributed by atoms with E-state index < -0.39 is 0 Å². The average molecular weight is 1080 g/mol. The Labute approximate surface area is 493 Å². The van der Waals surface area contributed by atoms with E-state index in [2.05, 4.69) is 345 Å². The van der Waals surface area contributed by atoms with Gasteiger partial charge in [0.1, 0.15) is 0 Å². The number of hydrogen-bond acceptors (Lipinski definition) is 3. The zero-order valence-electron chi connectivity index (χ0n) is 47.0. The topological polar surface area (TPSA) is 15.7 Å². The number of nitrogens with zero attached hydrogens (tertiary/aromatic N) is 2. The van der Waals surface area contributed by atoms with Crippen molar-refractivity contribution in [2.75, 3.05) is 9.80 Å². The minimum Gasteiger partial charge on any atom is -0.452 e. The molecule has 4 heteroatoms. The molecular weight excluding hydrogens is 1020 g/mol. The summed E-state index contributed by atoms with van der Waals surface area (Å²) in [5, 5.41) is 0. The number of benzene rings is 13. The van der Waals surface area contributed by atoms with Crippen LogP contribution in [-0.4, -0.2) is 6.71 Å². The highest BCUT2D eigenvalue weighted by molar-refractivity contribution is 6.97. The van der Waals surface area contributed by atoms with Crippen LogP contribution in [-0.2, 0) is 0 Å². The summed E-state index contributed by atoms with van der Waals surface area (Å²) in [4.78, 5) is 4.76. The van der Waals surface area contributed by atoms with Crippen LogP contribution in [0.1, 0.15) is 11.1 Å². The zero-order chi connectivity index (χ0) is 56.3. The van der Waals surface area contributed by atoms with E-state index in [9.17, 15) is 0 Å². The molecule has 0 N–H and O–H groups in total. The normalized spacial score (nSPS) is 11.5. The molecule has 84 heavy (non-hydrogen) atoms. The lowest BCUT2D eigenvalue weighted by atomic mass is 9.33. The Morgan fingerprint density at radius 1 is 0.250 bits per heavy atom. The smallest absolute Gasteiger partial charge is 0.243 e. The van der Waals surface area contributed by atoms with Crippen LogP contribution in [0.25, 0.3) is 66.8 Å². The van der Waals surface area contributed by atoms with Gasteiger partial charge in [0.25, 0.3) is 0 Å². The molecule has 0 spiro atoms. The fourth-order valence-corrected chi connectivity index (χ4v) is 12.5. The van der Waals surface area contributed by atoms with Crippen molar-refractivity contribution in [3.63, 3.8) is 0 Å². The fraction of sp³-hybridized carbons (Fsp3) is 0.0250. The summed E-state index contributed by atoms with van der Waals surface area (Å²) < 4.78 is 8.52. The first-order valence-electron chi connectivity index (χ1n) is 28.9. The second kappa shape index (κ2) is 22.7. The summed E-state index contributed by atoms with van der Waals surface area (Å²) >= 11 is 0. The quantitative estimate of drug-likeness (QED) is 0.120. The Kier molecular flexibility index (Phi) is 13.9. The number of fused-ring (bicyclic) bond motifs is 6. The van der Waals surface area contributed by atoms with Gasteiger partial charge in [0.15, 0.2) is 11.5 Å². The molecule has 0 aromatic heterocycles. The Bertz CT molecular complexity index is 4080. The maximum atomic E-state index is 8.52. The van der Waals surface area contributed by atoms with E-state index in [1.807, 2.05) is 0 Å². The molecule has 13 aromatic carbocycles. The molecule has 14 rings (SSSR count). The number of ether oxygens (including phenoxy) is 1. The molecule has 1 heterocycles. The van der Waals surface area contributed by atoms with Crippen LogP contribution >= 0.6 is 0 Å². The molecule has 0 bridgehead atoms. The molecule has 0 fully saturated rings. The highest BCUT2D eigenvalue weighted by atomic mass is 16.5. The van der Waals surface area contributed by atoms with Crippen LogP contribution in [0.2, 0.25) is 0 Å². The molecule has 0 radical (unpaired) electrons. The molecule has 0 unspecified atom stereocenters. The average Bonchev–Trinajstić information content (AvgIpc) is 3.74. The maximum absolute atomic E-state index is 8.52. The van der Waals surface area contributed by atoms with Crippen molar-refractivity contribution >= 4 is 57.2 Å². The summed E-state index contributed by atoms with van der Waals surface area (Å²) in [7, 11) is 0. The van der Waals surface area contributed by atoms with Crippen LogP contribution in [0.4, 0.5) is 34.1 Å². The van der Waals surface area contributed by atoms with Crippen LogP contribution in [0.3, 0.4) is 0 Å². The van der Waals surface area contributed by atoms with Gasteiger partial charge in [-0.05, 0) is 154 Å². The van der Waals surface area contributed by atoms with Gasteiger partial charge in [-0.2, -0.15) is 0 Å². The Balaban J connectivity index is 1.23. The number of rotatable bonds is 11. The van der Waals surface area contributed by atoms with E-state index in [4.69, 9.17) is 4.74 Å². The van der Waals surface area contributed by atoms with E-state index in [1.54, 1.807) is 0 Å². The van der Waals surface area contributed by atoms with E-state index in [1.165, 1.54) is 27.5 Å². The van der Waals surface area contributed by atoms with Crippen LogP contribution in [0, 0.1) is 13.8 Å². The number of aryl methyl sites for hydroxylation is 2. The van der Waals surface area contributed by atoms with Crippen molar-refractivity contribution in [1.29, 1.82) is 0 Å². The first kappa shape index (κ1) is 51.5. The van der Waals surface area contributed by atoms with Gasteiger partial charge in [0, 0.05) is 33.9 Å². The van der Waals surface area contributed by atoms with Gasteiger partial charge in [-0.1, -0.05) is 264 Å². The lowest BCUT2D eigenvalue weighted by molar-refractivity contribution is 0.488. The molecule has 1 aliphatic rings. The van der Waals surface area contributed by atoms with Gasteiger partial charge in [-0.15, -0.1) is 0 Å². The third-order valence-electron chi connectivity index (χ3n) is 16.5. The van der Waals surface area contributed by atoms with Crippen molar-refractivity contribution in [1.82, 2.24) is 0 Å². The fourth-order valence-electron chi connectivity index (χ4n) is 12.5. The largest absolute Gasteiger partial charge is 0.452 e. The van der Waals surface area contributed by atoms with Crippen molar-refractivity contribution < 1.29 is 4.74 Å². The highest BCUT2D eigenvalue weighted by Crippen LogP contribution is 2.55. The Morgan fingerprint density at radius 3 is 0.857 bits per heavy atom. The van der Waals surface area contributed by atoms with Crippen LogP contribution < -0.4 is 30.9 Å². The minimum atomic E-state index is -0.268. The highest BCUT2D eigenvalue weighted by Gasteiger charge is 2.36. The second-order valence-electron chi connectivity index (χ2n) is 21.7. The molecule has 1 aliphatic heterocycles. The van der Waals surface area contributed by atoms with Crippen molar-refractivity contribution in [3.05, 3.63) is 333 Å². The summed E-state index contributed by atoms with van der Waals surface area (Å²) in [5.74, 6) is 1.43. The number of para-hydroxylation sites is 4. The lowest BCUT2D eigenvalue weighted by Gasteiger charge is -2.34. The monoisotopic (exact) mass is 1070 g/mol. The molecule has 0 saturated carbocycles. The number of hydrogen-bond donors (Lipinski definition) is 0. The van der Waals surface area contributed by atoms with Crippen molar-refractivity contribution in [3.8, 4) is 78.3 Å². The van der Waals surface area contributed by atoms with E-state index >= 15 is 0 Å². The van der Waals surface area contributed by atoms with Gasteiger partial charge in [-0.25, -0.2) is 0 Å². The van der Waals surface area contributed by atoms with Gasteiger partial charge in [0.05, 0.1) is 11.4 Å². The molecule has 3 nitrogen and oxygen atoms in total. The van der Waals surface area contributed by atoms with Crippen LogP contribution in [0.15, 0.2) is 322 Å². The number of anilines is 6. The van der Waals surface area contributed by atoms with E-state index in [-0.39, 0.29) is 6.71 Å². The predicted molar refractivity (Wildman–Crippen MR) is 356 cm³/mol. The lowest BCUT2D eigenvalue weighted by Crippen LogP contribution is -2.55. The SMILES string of the molecule is Cc1cccc(C)c1B1c2ccc(-c3ccccc3)cc2-c2cc(-c3ccccc3)cc(N(c3ccccc3)c3ccccc3)c2Oc2c(cc(-c3ccccc3)cc2N(c2ccccc2)c2ccccc2)-c2cc(-c3ccccc3)ccc21. The van der Waals surface area contributed by atoms with Crippen molar-refractivity contribution in [2.24, 2.45) is 0 Å². The van der Waals surface area contributed by atoms with Crippen LogP contribution in [0.5, 0.6) is 11.5 Å². The first-order valence-corrected chi connectivity index (χ1v) is 28.9. The summed E-state index contributed by atoms with van der Waals surface area (Å²) in [6, 6.07) is 117. The van der Waals surface area contributed by atoms with Gasteiger partial charge in [-0.3, -0.25) is 0 Å². The Hall–Kier alpha value is -10.7. The third kappa shape index (κ3) is 9.84. The first-order chi connectivity index (χ1) is 41.5. The molecule has 398 valence electrons. The van der Waals surface area contributed by atoms with E-state index in [0.29, 0.717) is 11.5 Å². The second-order valence-corrected chi connectivity index (χ2v) is 21.7. The molecular formula is C80H59BN2O. The summed E-state index contributed by atoms with van der Waals surface area (Å²) in [6.07, 6.45) is 0. The predicted octanol–water partition coefficient (Wildman–Crippen LogP) is 19.9. The van der Waals surface area contributed by atoms with E-state index in [0.717, 1.165) is 101 Å². The van der Waals surface area contributed by atoms with Gasteiger partial charge < -0.3 is 14.5 Å². The molecule has 0 saturated heterocycles. The maximum Gasteiger partial charge on any atom is 0.243 e. The minimum absolute atomic E-state index is 0.268. The van der Waals surface area contributed by atoms with Gasteiger partial charge in [0.2, 0.25) is 6.71 Å². The molecule has 13 aromatic rings. The van der Waals surface area contributed by atoms with Crippen molar-refractivity contribution in [2.45, 2.75) is 13.8 Å².